The summed E-state index contributed by atoms with van der Waals surface area (Å²) >= 11 is 0. The largest absolute Gasteiger partial charge is 0.394 e. The first-order valence-electron chi connectivity index (χ1n) is 6.75. The van der Waals surface area contributed by atoms with Crippen molar-refractivity contribution >= 4 is 0 Å². The third kappa shape index (κ3) is 3.19. The maximum absolute atomic E-state index is 9.59. The summed E-state index contributed by atoms with van der Waals surface area (Å²) in [6.45, 7) is 6.90. The quantitative estimate of drug-likeness (QED) is 0.743. The Labute approximate surface area is 99.2 Å². The first kappa shape index (κ1) is 12.3. The van der Waals surface area contributed by atoms with E-state index >= 15 is 0 Å². The Morgan fingerprint density at radius 2 is 2.06 bits per heavy atom. The van der Waals surface area contributed by atoms with Crippen LogP contribution in [0.3, 0.4) is 0 Å². The van der Waals surface area contributed by atoms with Crippen LogP contribution in [0, 0.1) is 0 Å². The molecule has 1 heterocycles. The molecule has 2 aliphatic rings. The summed E-state index contributed by atoms with van der Waals surface area (Å²) < 4.78 is 0. The highest BCUT2D eigenvalue weighted by Crippen LogP contribution is 2.24. The number of likely N-dealkylation sites (tertiary alicyclic amines) is 1. The van der Waals surface area contributed by atoms with Gasteiger partial charge in [0.1, 0.15) is 0 Å². The summed E-state index contributed by atoms with van der Waals surface area (Å²) in [7, 11) is 0. The van der Waals surface area contributed by atoms with Crippen LogP contribution in [0.4, 0.5) is 0 Å². The average Bonchev–Trinajstić information content (AvgIpc) is 3.05. The monoisotopic (exact) mass is 226 g/mol. The average molecular weight is 226 g/mol. The zero-order valence-electron chi connectivity index (χ0n) is 10.7. The van der Waals surface area contributed by atoms with Crippen LogP contribution in [0.15, 0.2) is 0 Å². The van der Waals surface area contributed by atoms with Crippen molar-refractivity contribution in [2.24, 2.45) is 0 Å². The molecule has 16 heavy (non-hydrogen) atoms. The molecule has 0 aromatic carbocycles. The topological polar surface area (TPSA) is 35.5 Å². The van der Waals surface area contributed by atoms with E-state index in [-0.39, 0.29) is 12.1 Å². The van der Waals surface area contributed by atoms with Crippen molar-refractivity contribution in [2.75, 3.05) is 19.7 Å². The van der Waals surface area contributed by atoms with E-state index in [0.717, 1.165) is 6.54 Å². The zero-order chi connectivity index (χ0) is 11.6. The van der Waals surface area contributed by atoms with Crippen molar-refractivity contribution in [3.8, 4) is 0 Å². The van der Waals surface area contributed by atoms with Crippen molar-refractivity contribution in [2.45, 2.75) is 63.6 Å². The van der Waals surface area contributed by atoms with E-state index in [1.165, 1.54) is 38.6 Å². The fraction of sp³-hybridized carbons (Fsp3) is 1.00. The fourth-order valence-corrected chi connectivity index (χ4v) is 2.70. The first-order chi connectivity index (χ1) is 7.63. The molecule has 1 aliphatic carbocycles. The van der Waals surface area contributed by atoms with Crippen LogP contribution in [0.1, 0.15) is 46.0 Å². The van der Waals surface area contributed by atoms with E-state index in [1.807, 2.05) is 0 Å². The van der Waals surface area contributed by atoms with Gasteiger partial charge in [0.2, 0.25) is 0 Å². The molecule has 2 N–H and O–H groups in total. The maximum Gasteiger partial charge on any atom is 0.0623 e. The second-order valence-electron chi connectivity index (χ2n) is 5.95. The molecule has 2 atom stereocenters. The normalized spacial score (nSPS) is 31.3. The van der Waals surface area contributed by atoms with E-state index < -0.39 is 0 Å². The molecule has 0 bridgehead atoms. The number of hydrogen-bond donors (Lipinski definition) is 2. The predicted molar refractivity (Wildman–Crippen MR) is 66.5 cm³/mol. The Balaban J connectivity index is 1.87. The molecule has 3 nitrogen and oxygen atoms in total. The van der Waals surface area contributed by atoms with Gasteiger partial charge in [0.15, 0.2) is 0 Å². The second-order valence-corrected chi connectivity index (χ2v) is 5.95. The second kappa shape index (κ2) is 5.03. The molecule has 0 spiro atoms. The van der Waals surface area contributed by atoms with E-state index in [1.54, 1.807) is 0 Å². The number of rotatable bonds is 5. The van der Waals surface area contributed by atoms with Gasteiger partial charge in [0.05, 0.1) is 12.1 Å². The van der Waals surface area contributed by atoms with Gasteiger partial charge in [-0.05, 0) is 46.1 Å². The third-order valence-corrected chi connectivity index (χ3v) is 3.97. The van der Waals surface area contributed by atoms with Crippen LogP contribution >= 0.6 is 0 Å². The minimum absolute atomic E-state index is 0.104. The highest BCUT2D eigenvalue weighted by atomic mass is 16.3. The molecule has 1 saturated heterocycles. The molecule has 3 heteroatoms. The van der Waals surface area contributed by atoms with Crippen molar-refractivity contribution in [1.29, 1.82) is 0 Å². The zero-order valence-corrected chi connectivity index (χ0v) is 10.7. The Hall–Kier alpha value is -0.120. The predicted octanol–water partition coefficient (Wildman–Crippen LogP) is 1.36. The lowest BCUT2D eigenvalue weighted by Crippen LogP contribution is -2.57. The Morgan fingerprint density at radius 3 is 2.62 bits per heavy atom. The number of nitrogens with one attached hydrogen (secondary N) is 1. The molecule has 0 radical (unpaired) electrons. The molecular weight excluding hydrogens is 200 g/mol. The molecule has 94 valence electrons. The van der Waals surface area contributed by atoms with Crippen molar-refractivity contribution < 1.29 is 5.11 Å². The van der Waals surface area contributed by atoms with Gasteiger partial charge in [0.25, 0.3) is 0 Å². The van der Waals surface area contributed by atoms with E-state index in [2.05, 4.69) is 24.1 Å². The first-order valence-corrected chi connectivity index (χ1v) is 6.75. The van der Waals surface area contributed by atoms with Gasteiger partial charge >= 0.3 is 0 Å². The van der Waals surface area contributed by atoms with Crippen LogP contribution in [-0.4, -0.2) is 47.3 Å². The van der Waals surface area contributed by atoms with Crippen LogP contribution < -0.4 is 5.32 Å². The van der Waals surface area contributed by atoms with Gasteiger partial charge in [-0.3, -0.25) is 4.90 Å². The smallest absolute Gasteiger partial charge is 0.0623 e. The standard InChI is InChI=1S/C13H26N2O/c1-11-5-3-4-8-15(11)9-13(2,10-16)14-12-6-7-12/h11-12,14,16H,3-10H2,1-2H3. The fourth-order valence-electron chi connectivity index (χ4n) is 2.70. The van der Waals surface area contributed by atoms with E-state index in [0.29, 0.717) is 12.1 Å². The van der Waals surface area contributed by atoms with Gasteiger partial charge < -0.3 is 10.4 Å². The molecule has 0 amide bonds. The van der Waals surface area contributed by atoms with E-state index in [9.17, 15) is 5.11 Å². The van der Waals surface area contributed by atoms with Crippen molar-refractivity contribution in [1.82, 2.24) is 10.2 Å². The minimum Gasteiger partial charge on any atom is -0.394 e. The molecule has 2 unspecified atom stereocenters. The molecule has 2 fully saturated rings. The number of nitrogens with zero attached hydrogens (tertiary/aromatic N) is 1. The summed E-state index contributed by atoms with van der Waals surface area (Å²) in [5.41, 5.74) is -0.104. The lowest BCUT2D eigenvalue weighted by atomic mass is 9.97. The van der Waals surface area contributed by atoms with Gasteiger partial charge in [-0.15, -0.1) is 0 Å². The lowest BCUT2D eigenvalue weighted by molar-refractivity contribution is 0.0793. The summed E-state index contributed by atoms with van der Waals surface area (Å²) in [4.78, 5) is 2.54. The summed E-state index contributed by atoms with van der Waals surface area (Å²) in [6, 6.07) is 1.35. The number of piperidine rings is 1. The Morgan fingerprint density at radius 1 is 1.31 bits per heavy atom. The number of aliphatic hydroxyl groups is 1. The molecule has 2 rings (SSSR count). The Bertz CT molecular complexity index is 230. The van der Waals surface area contributed by atoms with Crippen LogP contribution in [-0.2, 0) is 0 Å². The van der Waals surface area contributed by atoms with Gasteiger partial charge in [-0.2, -0.15) is 0 Å². The number of hydrogen-bond acceptors (Lipinski definition) is 3. The highest BCUT2D eigenvalue weighted by Gasteiger charge is 2.34. The SMILES string of the molecule is CC1CCCCN1CC(C)(CO)NC1CC1. The van der Waals surface area contributed by atoms with Gasteiger partial charge in [-0.1, -0.05) is 6.42 Å². The molecule has 0 aromatic heterocycles. The molecule has 0 aromatic rings. The van der Waals surface area contributed by atoms with Crippen molar-refractivity contribution in [3.05, 3.63) is 0 Å². The van der Waals surface area contributed by atoms with Crippen LogP contribution in [0.25, 0.3) is 0 Å². The maximum atomic E-state index is 9.59. The minimum atomic E-state index is -0.104. The van der Waals surface area contributed by atoms with Gasteiger partial charge in [-0.25, -0.2) is 0 Å². The Kier molecular flexibility index (Phi) is 3.88. The van der Waals surface area contributed by atoms with Gasteiger partial charge in [0, 0.05) is 18.6 Å². The molecular formula is C13H26N2O. The molecule has 1 saturated carbocycles. The summed E-state index contributed by atoms with van der Waals surface area (Å²) in [5, 5.41) is 13.2. The summed E-state index contributed by atoms with van der Waals surface area (Å²) in [5.74, 6) is 0. The lowest BCUT2D eigenvalue weighted by Gasteiger charge is -2.40. The van der Waals surface area contributed by atoms with Crippen LogP contribution in [0.5, 0.6) is 0 Å². The molecule has 1 aliphatic heterocycles. The van der Waals surface area contributed by atoms with E-state index in [4.69, 9.17) is 0 Å². The highest BCUT2D eigenvalue weighted by molar-refractivity contribution is 4.95. The summed E-state index contributed by atoms with van der Waals surface area (Å²) in [6.07, 6.45) is 6.56. The van der Waals surface area contributed by atoms with Crippen LogP contribution in [0.2, 0.25) is 0 Å². The third-order valence-electron chi connectivity index (χ3n) is 3.97. The number of aliphatic hydroxyl groups excluding tert-OH is 1. The van der Waals surface area contributed by atoms with Crippen molar-refractivity contribution in [3.63, 3.8) is 0 Å².